The third kappa shape index (κ3) is 6.88. The van der Waals surface area contributed by atoms with Crippen molar-refractivity contribution in [3.05, 3.63) is 45.1 Å². The number of ether oxygens (including phenoxy) is 1. The van der Waals surface area contributed by atoms with Crippen molar-refractivity contribution in [1.82, 2.24) is 30.3 Å². The Morgan fingerprint density at radius 1 is 1.06 bits per heavy atom. The molecule has 5 rings (SSSR count). The number of cyclic esters (lactones) is 1. The van der Waals surface area contributed by atoms with Crippen molar-refractivity contribution in [2.75, 3.05) is 32.9 Å². The van der Waals surface area contributed by atoms with Gasteiger partial charge in [0, 0.05) is 26.2 Å². The molecule has 2 fully saturated rings. The van der Waals surface area contributed by atoms with Crippen molar-refractivity contribution in [2.24, 2.45) is 5.92 Å². The number of anilines is 1. The number of aromatic nitrogens is 1. The van der Waals surface area contributed by atoms with E-state index < -0.39 is 82.8 Å². The highest BCUT2D eigenvalue weighted by molar-refractivity contribution is 6.07. The second-order valence-corrected chi connectivity index (χ2v) is 14.0. The summed E-state index contributed by atoms with van der Waals surface area (Å²) in [5.41, 5.74) is 6.42. The number of hydrogen-bond acceptors (Lipinski definition) is 11. The number of aryl methyl sites for hydroxylation is 1. The molecule has 5 unspecified atom stereocenters. The molecule has 278 valence electrons. The predicted octanol–water partition coefficient (Wildman–Crippen LogP) is 0.973. The first-order valence-corrected chi connectivity index (χ1v) is 17.2. The van der Waals surface area contributed by atoms with Crippen LogP contribution in [-0.4, -0.2) is 113 Å². The summed E-state index contributed by atoms with van der Waals surface area (Å²) in [6.07, 6.45) is -0.481. The lowest BCUT2D eigenvalue weighted by Crippen LogP contribution is -2.60. The third-order valence-electron chi connectivity index (χ3n) is 9.82. The molecule has 0 radical (unpaired) electrons. The van der Waals surface area contributed by atoms with E-state index in [0.29, 0.717) is 23.9 Å². The first-order valence-electron chi connectivity index (χ1n) is 17.2. The lowest BCUT2D eigenvalue weighted by atomic mass is 9.99. The van der Waals surface area contributed by atoms with Crippen LogP contribution < -0.4 is 21.8 Å². The van der Waals surface area contributed by atoms with Gasteiger partial charge >= 0.3 is 5.97 Å². The maximum Gasteiger partial charge on any atom is 0.329 e. The van der Waals surface area contributed by atoms with Gasteiger partial charge in [0.05, 0.1) is 17.8 Å². The van der Waals surface area contributed by atoms with Crippen molar-refractivity contribution in [3.8, 4) is 11.5 Å². The first kappa shape index (κ1) is 37.7. The molecular weight excluding hydrogens is 674 g/mol. The van der Waals surface area contributed by atoms with Crippen LogP contribution in [0.4, 0.5) is 5.69 Å². The Morgan fingerprint density at radius 3 is 2.42 bits per heavy atom. The molecule has 16 nitrogen and oxygen atoms in total. The van der Waals surface area contributed by atoms with Gasteiger partial charge in [0.25, 0.3) is 5.91 Å². The lowest BCUT2D eigenvalue weighted by molar-refractivity contribution is -0.163. The largest absolute Gasteiger partial charge is 0.458 e. The second kappa shape index (κ2) is 14.6. The summed E-state index contributed by atoms with van der Waals surface area (Å²) in [5, 5.41) is 5.16. The van der Waals surface area contributed by atoms with E-state index in [-0.39, 0.29) is 35.7 Å². The molecule has 2 saturated heterocycles. The smallest absolute Gasteiger partial charge is 0.329 e. The normalized spacial score (nSPS) is 24.1. The van der Waals surface area contributed by atoms with E-state index in [9.17, 15) is 33.6 Å². The molecule has 0 bridgehead atoms. The number of carbonyl (C=O) groups excluding carboxylic acids is 6. The van der Waals surface area contributed by atoms with Crippen LogP contribution in [0.15, 0.2) is 27.4 Å². The molecule has 0 aromatic heterocycles. The minimum absolute atomic E-state index is 0.0262. The average Bonchev–Trinajstić information content (AvgIpc) is 3.58. The average molecular weight is 720 g/mol. The van der Waals surface area contributed by atoms with Gasteiger partial charge in [0.1, 0.15) is 41.5 Å². The number of esters is 1. The maximum atomic E-state index is 14.2. The highest BCUT2D eigenvalue weighted by Crippen LogP contribution is 2.33. The van der Waals surface area contributed by atoms with Crippen molar-refractivity contribution >= 4 is 52.3 Å². The van der Waals surface area contributed by atoms with E-state index in [4.69, 9.17) is 14.9 Å². The number of nitrogens with two attached hydrogens (primary N) is 1. The quantitative estimate of drug-likeness (QED) is 0.197. The number of nitrogen functional groups attached to an aromatic ring is 1. The number of fused-ring (bicyclic) bond motifs is 3. The van der Waals surface area contributed by atoms with Crippen LogP contribution in [0.1, 0.15) is 62.0 Å². The Labute approximate surface area is 300 Å². The number of benzene rings is 2. The molecule has 5 atom stereocenters. The molecule has 1 aromatic rings. The highest BCUT2D eigenvalue weighted by Gasteiger charge is 2.42. The van der Waals surface area contributed by atoms with Crippen molar-refractivity contribution in [3.63, 3.8) is 0 Å². The molecule has 4 aliphatic rings. The number of hydrogen-bond donors (Lipinski definition) is 3. The van der Waals surface area contributed by atoms with Gasteiger partial charge < -0.3 is 40.2 Å². The van der Waals surface area contributed by atoms with Gasteiger partial charge in [-0.05, 0) is 58.1 Å². The van der Waals surface area contributed by atoms with Crippen molar-refractivity contribution in [2.45, 2.75) is 84.7 Å². The highest BCUT2D eigenvalue weighted by atomic mass is 16.5. The van der Waals surface area contributed by atoms with Gasteiger partial charge in [-0.25, -0.2) is 9.78 Å². The van der Waals surface area contributed by atoms with E-state index in [1.165, 1.54) is 49.6 Å². The van der Waals surface area contributed by atoms with E-state index >= 15 is 0 Å². The number of rotatable bonds is 3. The Morgan fingerprint density at radius 2 is 1.75 bits per heavy atom. The summed E-state index contributed by atoms with van der Waals surface area (Å²) >= 11 is 0. The summed E-state index contributed by atoms with van der Waals surface area (Å²) in [5.74, 6) is -4.75. The molecule has 0 spiro atoms. The van der Waals surface area contributed by atoms with Gasteiger partial charge in [-0.15, -0.1) is 0 Å². The number of nitrogens with one attached hydrogen (secondary N) is 2. The van der Waals surface area contributed by atoms with Gasteiger partial charge in [-0.2, -0.15) is 0 Å². The summed E-state index contributed by atoms with van der Waals surface area (Å²) in [4.78, 5) is 104. The van der Waals surface area contributed by atoms with Gasteiger partial charge in [-0.3, -0.25) is 28.8 Å². The van der Waals surface area contributed by atoms with Crippen molar-refractivity contribution < 1.29 is 37.9 Å². The Hall–Kier alpha value is -5.54. The molecule has 5 amide bonds. The van der Waals surface area contributed by atoms with Gasteiger partial charge in [0.15, 0.2) is 11.3 Å². The van der Waals surface area contributed by atoms with Gasteiger partial charge in [-0.1, -0.05) is 26.0 Å². The molecule has 1 aromatic carbocycles. The fourth-order valence-corrected chi connectivity index (χ4v) is 6.89. The summed E-state index contributed by atoms with van der Waals surface area (Å²) in [7, 11) is 2.86. The number of para-hydroxylation sites is 1. The minimum Gasteiger partial charge on any atom is -0.458 e. The maximum absolute atomic E-state index is 14.2. The number of likely N-dealkylation sites (N-methyl/N-ethyl adjacent to an activating group) is 2. The Bertz CT molecular complexity index is 1990. The first-order chi connectivity index (χ1) is 24.4. The minimum atomic E-state index is -1.64. The fraction of sp³-hybridized carbons (Fsp3) is 0.500. The number of carbonyl (C=O) groups is 6. The van der Waals surface area contributed by atoms with Crippen LogP contribution in [0.2, 0.25) is 0 Å². The second-order valence-electron chi connectivity index (χ2n) is 14.0. The van der Waals surface area contributed by atoms with Crippen LogP contribution in [0.3, 0.4) is 0 Å². The molecule has 1 aliphatic carbocycles. The van der Waals surface area contributed by atoms with Crippen LogP contribution in [0.25, 0.3) is 22.6 Å². The number of amides is 5. The molecule has 4 N–H and O–H groups in total. The molecule has 3 aliphatic heterocycles. The summed E-state index contributed by atoms with van der Waals surface area (Å²) in [6, 6.07) is 0.421. The molecule has 16 heteroatoms. The van der Waals surface area contributed by atoms with E-state index in [0.717, 1.165) is 5.56 Å². The Balaban J connectivity index is 1.57. The number of nitrogens with zero attached hydrogens (tertiary/aromatic N) is 4. The topological polar surface area (TPSA) is 215 Å². The fourth-order valence-electron chi connectivity index (χ4n) is 6.89. The summed E-state index contributed by atoms with van der Waals surface area (Å²) < 4.78 is 11.9. The molecule has 0 saturated carbocycles. The molecule has 52 heavy (non-hydrogen) atoms. The zero-order valence-electron chi connectivity index (χ0n) is 30.6. The lowest BCUT2D eigenvalue weighted by Gasteiger charge is -2.35. The van der Waals surface area contributed by atoms with Crippen LogP contribution in [0, 0.1) is 19.8 Å². The zero-order chi connectivity index (χ0) is 38.3. The van der Waals surface area contributed by atoms with Crippen LogP contribution in [0.5, 0.6) is 0 Å². The van der Waals surface area contributed by atoms with Crippen LogP contribution in [-0.2, 0) is 28.7 Å². The standard InChI is InChI=1S/C36H45N7O9/c1-16(2)28-36(50)51-20(6)26(33(47)38-19(5)34(48)43-14-10-13-22(43)35(49)41(7)15-23(44)42(28)8)40-32(46)24-25(37)29(45)18(4)31-27(24)39-21-12-9-11-17(3)30(21)52-31/h9,11-12,16,19-20,22,26,28H,10,13-15,37H2,1-8H3,(H,38,47)(H,40,46). The predicted molar refractivity (Wildman–Crippen MR) is 189 cm³/mol. The molecular formula is C36H45N7O9. The SMILES string of the molecule is Cc1c2oc3c(C)cccc3nc-2c(C(=O)NC2C(=O)NC(C)C(=O)N3CCCC3C(=O)N(C)CC(=O)N(C)C(C(C)C)C(=O)OC2C)c(N)c1=O. The monoisotopic (exact) mass is 719 g/mol. The van der Waals surface area contributed by atoms with E-state index in [1.54, 1.807) is 39.0 Å². The van der Waals surface area contributed by atoms with Crippen LogP contribution >= 0.6 is 0 Å². The van der Waals surface area contributed by atoms with E-state index in [1.807, 2.05) is 0 Å². The Kier molecular flexibility index (Phi) is 10.6. The van der Waals surface area contributed by atoms with E-state index in [2.05, 4.69) is 15.6 Å². The summed E-state index contributed by atoms with van der Waals surface area (Å²) in [6.45, 7) is 9.42. The van der Waals surface area contributed by atoms with Crippen molar-refractivity contribution in [1.29, 1.82) is 0 Å². The zero-order valence-corrected chi connectivity index (χ0v) is 30.6. The van der Waals surface area contributed by atoms with Gasteiger partial charge in [0.2, 0.25) is 29.1 Å². The third-order valence-corrected chi connectivity index (χ3v) is 9.82. The molecule has 3 heterocycles.